The maximum atomic E-state index is 11.3. The predicted molar refractivity (Wildman–Crippen MR) is 84.8 cm³/mol. The normalized spacial score (nSPS) is 15.4. The van der Waals surface area contributed by atoms with E-state index in [-0.39, 0.29) is 0 Å². The number of rotatable bonds is 12. The van der Waals surface area contributed by atoms with Gasteiger partial charge in [-0.25, -0.2) is 0 Å². The Kier molecular flexibility index (Phi) is 10.6. The fourth-order valence-electron chi connectivity index (χ4n) is 2.94. The summed E-state index contributed by atoms with van der Waals surface area (Å²) in [5.74, 6) is 0.340. The van der Waals surface area contributed by atoms with Crippen LogP contribution in [0.2, 0.25) is 0 Å². The molecule has 0 fully saturated rings. The van der Waals surface area contributed by atoms with Gasteiger partial charge in [-0.2, -0.15) is 0 Å². The predicted octanol–water partition coefficient (Wildman–Crippen LogP) is 4.95. The van der Waals surface area contributed by atoms with E-state index in [9.17, 15) is 4.79 Å². The first-order chi connectivity index (χ1) is 9.83. The van der Waals surface area contributed by atoms with Crippen LogP contribution < -0.4 is 0 Å². The lowest BCUT2D eigenvalue weighted by Crippen LogP contribution is -2.02. The summed E-state index contributed by atoms with van der Waals surface area (Å²) >= 11 is 0. The number of unbranched alkanes of at least 4 members (excludes halogenated alkanes) is 9. The molecule has 0 saturated carbocycles. The molecule has 0 heterocycles. The van der Waals surface area contributed by atoms with Crippen LogP contribution in [-0.4, -0.2) is 17.5 Å². The second-order valence-corrected chi connectivity index (χ2v) is 6.13. The second-order valence-electron chi connectivity index (χ2n) is 6.13. The van der Waals surface area contributed by atoms with E-state index < -0.39 is 0 Å². The van der Waals surface area contributed by atoms with Crippen LogP contribution in [-0.2, 0) is 4.79 Å². The van der Waals surface area contributed by atoms with Crippen LogP contribution in [0.25, 0.3) is 0 Å². The monoisotopic (exact) mass is 280 g/mol. The van der Waals surface area contributed by atoms with Crippen LogP contribution >= 0.6 is 0 Å². The summed E-state index contributed by atoms with van der Waals surface area (Å²) < 4.78 is 0. The molecule has 0 unspecified atom stereocenters. The third-order valence-electron chi connectivity index (χ3n) is 4.19. The van der Waals surface area contributed by atoms with Gasteiger partial charge in [0, 0.05) is 13.0 Å². The van der Waals surface area contributed by atoms with E-state index in [0.29, 0.717) is 12.4 Å². The van der Waals surface area contributed by atoms with Crippen molar-refractivity contribution in [1.82, 2.24) is 0 Å². The van der Waals surface area contributed by atoms with Crippen LogP contribution in [0.3, 0.4) is 0 Å². The average Bonchev–Trinajstić information content (AvgIpc) is 2.45. The minimum atomic E-state index is 0.340. The van der Waals surface area contributed by atoms with Crippen molar-refractivity contribution < 1.29 is 9.90 Å². The maximum absolute atomic E-state index is 11.3. The Morgan fingerprint density at radius 3 is 1.90 bits per heavy atom. The number of ketones is 1. The Hall–Kier alpha value is -0.630. The largest absolute Gasteiger partial charge is 0.396 e. The van der Waals surface area contributed by atoms with Gasteiger partial charge < -0.3 is 5.11 Å². The summed E-state index contributed by atoms with van der Waals surface area (Å²) in [6.45, 7) is 0.349. The average molecular weight is 280 g/mol. The molecule has 0 saturated heterocycles. The molecule has 0 aromatic carbocycles. The minimum Gasteiger partial charge on any atom is -0.396 e. The second kappa shape index (κ2) is 12.1. The van der Waals surface area contributed by atoms with E-state index >= 15 is 0 Å². The number of aliphatic hydroxyl groups excluding tert-OH is 1. The van der Waals surface area contributed by atoms with E-state index in [1.165, 1.54) is 63.4 Å². The third-order valence-corrected chi connectivity index (χ3v) is 4.19. The van der Waals surface area contributed by atoms with Crippen LogP contribution in [0.4, 0.5) is 0 Å². The van der Waals surface area contributed by atoms with Crippen LogP contribution in [0.5, 0.6) is 0 Å². The molecule has 1 rings (SSSR count). The van der Waals surface area contributed by atoms with Crippen molar-refractivity contribution in [3.63, 3.8) is 0 Å². The first kappa shape index (κ1) is 17.4. The molecule has 0 radical (unpaired) electrons. The van der Waals surface area contributed by atoms with Gasteiger partial charge in [-0.15, -0.1) is 0 Å². The zero-order chi connectivity index (χ0) is 14.5. The first-order valence-electron chi connectivity index (χ1n) is 8.66. The van der Waals surface area contributed by atoms with E-state index in [2.05, 4.69) is 0 Å². The van der Waals surface area contributed by atoms with Crippen molar-refractivity contribution >= 4 is 5.78 Å². The van der Waals surface area contributed by atoms with Gasteiger partial charge in [0.15, 0.2) is 5.78 Å². The van der Waals surface area contributed by atoms with Gasteiger partial charge in [-0.1, -0.05) is 56.9 Å². The van der Waals surface area contributed by atoms with E-state index in [0.717, 1.165) is 32.1 Å². The van der Waals surface area contributed by atoms with E-state index in [4.69, 9.17) is 5.11 Å². The Morgan fingerprint density at radius 1 is 0.800 bits per heavy atom. The number of carbonyl (C=O) groups is 1. The van der Waals surface area contributed by atoms with Gasteiger partial charge in [0.25, 0.3) is 0 Å². The zero-order valence-corrected chi connectivity index (χ0v) is 13.0. The molecular weight excluding hydrogens is 248 g/mol. The van der Waals surface area contributed by atoms with Crippen molar-refractivity contribution in [2.75, 3.05) is 6.61 Å². The van der Waals surface area contributed by atoms with Crippen molar-refractivity contribution in [3.05, 3.63) is 11.6 Å². The Morgan fingerprint density at radius 2 is 1.35 bits per heavy atom. The van der Waals surface area contributed by atoms with Crippen molar-refractivity contribution in [2.45, 2.75) is 89.9 Å². The molecule has 20 heavy (non-hydrogen) atoms. The van der Waals surface area contributed by atoms with Gasteiger partial charge in [-0.3, -0.25) is 4.79 Å². The van der Waals surface area contributed by atoms with Crippen LogP contribution in [0.1, 0.15) is 89.9 Å². The summed E-state index contributed by atoms with van der Waals surface area (Å²) in [5, 5.41) is 8.68. The van der Waals surface area contributed by atoms with Gasteiger partial charge in [0.2, 0.25) is 0 Å². The van der Waals surface area contributed by atoms with Crippen LogP contribution in [0, 0.1) is 0 Å². The molecule has 2 heteroatoms. The molecular formula is C18H32O2. The highest BCUT2D eigenvalue weighted by molar-refractivity contribution is 5.91. The Bertz CT molecular complexity index is 281. The minimum absolute atomic E-state index is 0.340. The number of hydrogen-bond acceptors (Lipinski definition) is 2. The smallest absolute Gasteiger partial charge is 0.155 e. The molecule has 0 aromatic heterocycles. The molecule has 2 nitrogen and oxygen atoms in total. The molecule has 116 valence electrons. The fraction of sp³-hybridized carbons (Fsp3) is 0.833. The van der Waals surface area contributed by atoms with E-state index in [1.807, 2.05) is 6.08 Å². The molecule has 0 amide bonds. The summed E-state index contributed by atoms with van der Waals surface area (Å²) in [4.78, 5) is 11.3. The van der Waals surface area contributed by atoms with Gasteiger partial charge in [-0.05, 0) is 38.2 Å². The van der Waals surface area contributed by atoms with E-state index in [1.54, 1.807) is 0 Å². The van der Waals surface area contributed by atoms with Gasteiger partial charge in [0.1, 0.15) is 0 Å². The molecule has 1 N–H and O–H groups in total. The highest BCUT2D eigenvalue weighted by Gasteiger charge is 2.08. The summed E-state index contributed by atoms with van der Waals surface area (Å²) in [6, 6.07) is 0. The Balaban J connectivity index is 1.82. The quantitative estimate of drug-likeness (QED) is 0.514. The number of carbonyl (C=O) groups excluding carboxylic acids is 1. The summed E-state index contributed by atoms with van der Waals surface area (Å²) in [6.07, 6.45) is 18.8. The number of hydrogen-bond donors (Lipinski definition) is 1. The lowest BCUT2D eigenvalue weighted by Gasteiger charge is -2.11. The molecule has 0 bridgehead atoms. The summed E-state index contributed by atoms with van der Waals surface area (Å²) in [7, 11) is 0. The zero-order valence-electron chi connectivity index (χ0n) is 13.0. The van der Waals surface area contributed by atoms with Crippen molar-refractivity contribution in [2.24, 2.45) is 0 Å². The number of allylic oxidation sites excluding steroid dienone is 2. The topological polar surface area (TPSA) is 37.3 Å². The molecule has 0 spiro atoms. The molecule has 0 aliphatic heterocycles. The fourth-order valence-corrected chi connectivity index (χ4v) is 2.94. The Labute approximate surface area is 124 Å². The first-order valence-corrected chi connectivity index (χ1v) is 8.66. The third kappa shape index (κ3) is 9.30. The molecule has 0 aromatic rings. The van der Waals surface area contributed by atoms with Gasteiger partial charge in [0.05, 0.1) is 0 Å². The molecule has 1 aliphatic carbocycles. The highest BCUT2D eigenvalue weighted by atomic mass is 16.2. The molecule has 0 atom stereocenters. The lowest BCUT2D eigenvalue weighted by molar-refractivity contribution is -0.115. The van der Waals surface area contributed by atoms with Crippen molar-refractivity contribution in [3.8, 4) is 0 Å². The van der Waals surface area contributed by atoms with Crippen molar-refractivity contribution in [1.29, 1.82) is 0 Å². The number of aliphatic hydroxyl groups is 1. The SMILES string of the molecule is O=C1C=C(CCCCCCCCCCCCO)CCC1. The highest BCUT2D eigenvalue weighted by Crippen LogP contribution is 2.21. The lowest BCUT2D eigenvalue weighted by atomic mass is 9.94. The standard InChI is InChI=1S/C18H32O2/c19-15-10-8-6-4-2-1-3-5-7-9-12-17-13-11-14-18(20)16-17/h16,19H,1-15H2. The van der Waals surface area contributed by atoms with Gasteiger partial charge >= 0.3 is 0 Å². The van der Waals surface area contributed by atoms with Crippen LogP contribution in [0.15, 0.2) is 11.6 Å². The summed E-state index contributed by atoms with van der Waals surface area (Å²) in [5.41, 5.74) is 1.39. The molecule has 1 aliphatic rings. The maximum Gasteiger partial charge on any atom is 0.155 e.